The molecule has 0 bridgehead atoms. The summed E-state index contributed by atoms with van der Waals surface area (Å²) in [6, 6.07) is 0.379. The van der Waals surface area contributed by atoms with Crippen molar-refractivity contribution in [3.8, 4) is 0 Å². The number of carbonyl (C=O) groups excluding carboxylic acids is 11. The maximum absolute atomic E-state index is 14.9. The molecule has 17 N–H and O–H groups in total. The van der Waals surface area contributed by atoms with Crippen molar-refractivity contribution in [1.29, 1.82) is 0 Å². The number of nitrogens with two attached hydrogens (primary N) is 5. The van der Waals surface area contributed by atoms with Crippen LogP contribution in [0.1, 0.15) is 121 Å². The van der Waals surface area contributed by atoms with E-state index < -0.39 is 125 Å². The largest absolute Gasteiger partial charge is 0.370 e. The van der Waals surface area contributed by atoms with E-state index in [-0.39, 0.29) is 69.2 Å². The zero-order valence-electron chi connectivity index (χ0n) is 42.7. The predicted molar refractivity (Wildman–Crippen MR) is 283 cm³/mol. The quantitative estimate of drug-likeness (QED) is 0.0339. The second kappa shape index (κ2) is 29.0. The van der Waals surface area contributed by atoms with Crippen LogP contribution in [0.15, 0.2) is 35.3 Å². The van der Waals surface area contributed by atoms with Gasteiger partial charge in [-0.1, -0.05) is 90.4 Å². The second-order valence-corrected chi connectivity index (χ2v) is 22.7. The summed E-state index contributed by atoms with van der Waals surface area (Å²) < 4.78 is -0.683. The number of aliphatic imine (C=N–C) groups is 1. The number of amides is 11. The van der Waals surface area contributed by atoms with E-state index in [9.17, 15) is 52.7 Å². The number of carbonyl (C=O) groups is 11. The molecule has 5 rings (SSSR count). The molecule has 2 spiro atoms. The summed E-state index contributed by atoms with van der Waals surface area (Å²) in [5.74, 6) is -9.01. The number of rotatable bonds is 17. The molecule has 418 valence electrons. The molecule has 2 saturated carbocycles. The molecule has 11 amide bonds. The van der Waals surface area contributed by atoms with Crippen molar-refractivity contribution in [2.45, 2.75) is 169 Å². The lowest BCUT2D eigenvalue weighted by Gasteiger charge is -2.40. The molecule has 0 aromatic heterocycles. The fraction of sp³-hybridized carbons (Fsp3) is 0.633. The highest BCUT2D eigenvalue weighted by Gasteiger charge is 2.46. The number of hydrogen-bond donors (Lipinski definition) is 12. The van der Waals surface area contributed by atoms with Crippen molar-refractivity contribution in [2.24, 2.45) is 33.7 Å². The Labute approximate surface area is 449 Å². The number of guanidine groups is 1. The number of hydrogen-bond acceptors (Lipinski definition) is 14. The van der Waals surface area contributed by atoms with E-state index in [1.54, 1.807) is 30.3 Å². The third-order valence-corrected chi connectivity index (χ3v) is 17.3. The highest BCUT2D eigenvalue weighted by molar-refractivity contribution is 8.77. The molecule has 4 fully saturated rings. The molecule has 1 aromatic rings. The molecule has 2 aliphatic carbocycles. The lowest BCUT2D eigenvalue weighted by molar-refractivity contribution is -0.142. The number of nitrogens with one attached hydrogen (secondary N) is 7. The van der Waals surface area contributed by atoms with Crippen molar-refractivity contribution in [3.63, 3.8) is 0 Å². The van der Waals surface area contributed by atoms with Crippen LogP contribution < -0.4 is 65.9 Å². The van der Waals surface area contributed by atoms with Crippen LogP contribution in [0.3, 0.4) is 0 Å². The molecule has 76 heavy (non-hydrogen) atoms. The minimum absolute atomic E-state index is 0.00136. The van der Waals surface area contributed by atoms with Crippen LogP contribution in [0.5, 0.6) is 0 Å². The first-order chi connectivity index (χ1) is 36.2. The van der Waals surface area contributed by atoms with E-state index in [4.69, 9.17) is 28.7 Å². The van der Waals surface area contributed by atoms with Crippen molar-refractivity contribution < 1.29 is 52.7 Å². The standard InChI is InChI=1S/C49H74N14O11S2/c50-36(64)17-16-31-41(69)59-33(25-37(51)65)43(71)60-34(45(73)63-23-11-15-35(63)44(72)58-30(14-10-22-55-47(53)54)40(68)56-27-38(52)66)28-75-76-48(18-6-2-7-19-48)26-39(67)62-49(20-8-3-9-21-49)46(74)61-32(42(70)57-31)24-29-12-4-1-5-13-29/h1,4-5,12-13,30-35H,2-3,6-11,14-28H2,(H2,50,64)(H2,51,65)(H2,52,66)(H,56,68)(H,57,70)(H,58,72)(H,59,69)(H,60,71)(H,61,74)(H,62,67)(H4,53,54,55)/t30-,31-,32-,33-,34-,35-/m0/s1. The summed E-state index contributed by atoms with van der Waals surface area (Å²) in [5.41, 5.74) is 26.5. The summed E-state index contributed by atoms with van der Waals surface area (Å²) in [5, 5.41) is 18.8. The third-order valence-electron chi connectivity index (χ3n) is 14.0. The molecule has 25 nitrogen and oxygen atoms in total. The molecule has 6 atom stereocenters. The van der Waals surface area contributed by atoms with E-state index >= 15 is 0 Å². The van der Waals surface area contributed by atoms with Crippen LogP contribution in [0.2, 0.25) is 0 Å². The molecular weight excluding hydrogens is 1020 g/mol. The number of likely N-dealkylation sites (tertiary alicyclic amines) is 1. The van der Waals surface area contributed by atoms with E-state index in [1.165, 1.54) is 26.5 Å². The van der Waals surface area contributed by atoms with Gasteiger partial charge in [0.2, 0.25) is 65.0 Å². The van der Waals surface area contributed by atoms with Gasteiger partial charge in [0.25, 0.3) is 0 Å². The van der Waals surface area contributed by atoms with Gasteiger partial charge in [0.05, 0.1) is 13.0 Å². The van der Waals surface area contributed by atoms with Gasteiger partial charge in [0.15, 0.2) is 5.96 Å². The van der Waals surface area contributed by atoms with Crippen molar-refractivity contribution >= 4 is 92.5 Å². The van der Waals surface area contributed by atoms with Crippen LogP contribution in [0, 0.1) is 0 Å². The lowest BCUT2D eigenvalue weighted by atomic mass is 9.79. The maximum Gasteiger partial charge on any atom is 0.246 e. The molecule has 1 aromatic carbocycles. The average Bonchev–Trinajstić information content (AvgIpc) is 3.87. The minimum Gasteiger partial charge on any atom is -0.370 e. The first kappa shape index (κ1) is 60.2. The monoisotopic (exact) mass is 1100 g/mol. The highest BCUT2D eigenvalue weighted by Crippen LogP contribution is 2.48. The normalized spacial score (nSPS) is 24.0. The smallest absolute Gasteiger partial charge is 0.246 e. The molecule has 2 aliphatic heterocycles. The maximum atomic E-state index is 14.9. The Hall–Kier alpha value is -6.64. The van der Waals surface area contributed by atoms with Crippen molar-refractivity contribution in [1.82, 2.24) is 42.1 Å². The van der Waals surface area contributed by atoms with Gasteiger partial charge >= 0.3 is 0 Å². The Morgan fingerprint density at radius 3 is 2.04 bits per heavy atom. The van der Waals surface area contributed by atoms with Gasteiger partial charge in [-0.2, -0.15) is 0 Å². The predicted octanol–water partition coefficient (Wildman–Crippen LogP) is -2.25. The molecule has 2 saturated heterocycles. The molecule has 0 unspecified atom stereocenters. The number of nitrogens with zero attached hydrogens (tertiary/aromatic N) is 2. The Balaban J connectivity index is 1.52. The van der Waals surface area contributed by atoms with Gasteiger partial charge in [-0.3, -0.25) is 57.7 Å². The van der Waals surface area contributed by atoms with E-state index in [2.05, 4.69) is 42.2 Å². The second-order valence-electron chi connectivity index (χ2n) is 19.9. The Kier molecular flexibility index (Phi) is 23.0. The van der Waals surface area contributed by atoms with Crippen LogP contribution >= 0.6 is 21.6 Å². The number of benzene rings is 1. The van der Waals surface area contributed by atoms with E-state index in [0.717, 1.165) is 25.7 Å². The summed E-state index contributed by atoms with van der Waals surface area (Å²) in [6.45, 7) is -0.345. The molecule has 0 radical (unpaired) electrons. The topological polar surface area (TPSA) is 418 Å². The van der Waals surface area contributed by atoms with Crippen LogP contribution in [0.25, 0.3) is 0 Å². The summed E-state index contributed by atoms with van der Waals surface area (Å²) in [7, 11) is 2.59. The summed E-state index contributed by atoms with van der Waals surface area (Å²) >= 11 is 0. The molecule has 4 aliphatic rings. The Morgan fingerprint density at radius 1 is 0.750 bits per heavy atom. The fourth-order valence-corrected chi connectivity index (χ4v) is 13.4. The Morgan fingerprint density at radius 2 is 1.39 bits per heavy atom. The number of primary amides is 3. The lowest BCUT2D eigenvalue weighted by Crippen LogP contribution is -2.64. The van der Waals surface area contributed by atoms with Crippen molar-refractivity contribution in [3.05, 3.63) is 35.9 Å². The SMILES string of the molecule is NC(=O)CC[C@@H]1NC(=O)[C@H](Cc2ccccc2)NC(=O)C2(CCCCC2)NC(=O)CC2(CCCCC2)SSC[C@@H](C(=O)N2CCC[C@H]2C(=O)N[C@@H](CCCN=C(N)N)C(=O)NCC(N)=O)NC(=O)[C@H](CC(N)=O)NC1=O. The summed E-state index contributed by atoms with van der Waals surface area (Å²) in [6.07, 6.45) is 5.54. The summed E-state index contributed by atoms with van der Waals surface area (Å²) in [4.78, 5) is 156. The minimum atomic E-state index is -1.74. The van der Waals surface area contributed by atoms with Crippen LogP contribution in [-0.4, -0.2) is 148 Å². The van der Waals surface area contributed by atoms with Crippen LogP contribution in [0.4, 0.5) is 0 Å². The zero-order chi connectivity index (χ0) is 55.4. The molecule has 2 heterocycles. The Bertz CT molecular complexity index is 2310. The first-order valence-electron chi connectivity index (χ1n) is 25.9. The van der Waals surface area contributed by atoms with Gasteiger partial charge < -0.3 is 70.8 Å². The molecule has 27 heteroatoms. The zero-order valence-corrected chi connectivity index (χ0v) is 44.3. The van der Waals surface area contributed by atoms with E-state index in [0.29, 0.717) is 50.5 Å². The van der Waals surface area contributed by atoms with Crippen molar-refractivity contribution in [2.75, 3.05) is 25.4 Å². The third kappa shape index (κ3) is 18.3. The van der Waals surface area contributed by atoms with Crippen LogP contribution in [-0.2, 0) is 59.2 Å². The highest BCUT2D eigenvalue weighted by atomic mass is 33.1. The van der Waals surface area contributed by atoms with Gasteiger partial charge in [-0.25, -0.2) is 0 Å². The molecular formula is C49H74N14O11S2. The van der Waals surface area contributed by atoms with Gasteiger partial charge in [0.1, 0.15) is 41.8 Å². The average molecular weight is 1100 g/mol. The van der Waals surface area contributed by atoms with Gasteiger partial charge in [0, 0.05) is 42.9 Å². The fourth-order valence-electron chi connectivity index (χ4n) is 10.0. The van der Waals surface area contributed by atoms with Gasteiger partial charge in [-0.05, 0) is 63.4 Å². The first-order valence-corrected chi connectivity index (χ1v) is 28.2. The van der Waals surface area contributed by atoms with Gasteiger partial charge in [-0.15, -0.1) is 0 Å². The van der Waals surface area contributed by atoms with E-state index in [1.807, 2.05) is 0 Å².